The Balaban J connectivity index is 2.21. The van der Waals surface area contributed by atoms with Gasteiger partial charge in [0.15, 0.2) is 5.58 Å². The van der Waals surface area contributed by atoms with Crippen molar-refractivity contribution in [1.82, 2.24) is 10.3 Å². The van der Waals surface area contributed by atoms with E-state index in [9.17, 15) is 13.6 Å². The number of amides is 1. The Morgan fingerprint density at radius 3 is 2.75 bits per heavy atom. The SMILES string of the molecule is CC(C)(C)OC(=O)NC(CCOC(F)F)Cc1oc2c(I)cc(Cl)nc2c1Br. The van der Waals surface area contributed by atoms with E-state index in [1.807, 2.05) is 0 Å². The summed E-state index contributed by atoms with van der Waals surface area (Å²) in [6.07, 6.45) is -0.299. The lowest BCUT2D eigenvalue weighted by atomic mass is 10.1. The molecule has 1 unspecified atom stereocenters. The molecule has 2 aromatic rings. The highest BCUT2D eigenvalue weighted by molar-refractivity contribution is 14.1. The standard InChI is InChI=1S/C17H19BrClF2IN2O4/c1-17(2,3)28-16(25)23-8(4-5-26-15(20)21)6-10-12(18)13-14(27-10)9(22)7-11(19)24-13/h7-8,15H,4-6H2,1-3H3,(H,23,25). The van der Waals surface area contributed by atoms with Gasteiger partial charge in [-0.3, -0.25) is 0 Å². The summed E-state index contributed by atoms with van der Waals surface area (Å²) in [4.78, 5) is 16.4. The fourth-order valence-electron chi connectivity index (χ4n) is 2.37. The highest BCUT2D eigenvalue weighted by atomic mass is 127. The van der Waals surface area contributed by atoms with Gasteiger partial charge in [-0.25, -0.2) is 9.78 Å². The molecule has 2 rings (SSSR count). The van der Waals surface area contributed by atoms with Gasteiger partial charge in [-0.2, -0.15) is 8.78 Å². The minimum atomic E-state index is -2.88. The Bertz CT molecular complexity index is 845. The van der Waals surface area contributed by atoms with Crippen LogP contribution in [0.4, 0.5) is 13.6 Å². The topological polar surface area (TPSA) is 73.6 Å². The molecule has 0 radical (unpaired) electrons. The number of fused-ring (bicyclic) bond motifs is 1. The van der Waals surface area contributed by atoms with Gasteiger partial charge in [-0.15, -0.1) is 0 Å². The number of halogens is 5. The molecule has 0 aliphatic rings. The van der Waals surface area contributed by atoms with Crippen LogP contribution in [0.1, 0.15) is 33.0 Å². The first-order valence-electron chi connectivity index (χ1n) is 8.28. The maximum absolute atomic E-state index is 12.3. The molecule has 0 saturated heterocycles. The molecule has 0 saturated carbocycles. The van der Waals surface area contributed by atoms with Crippen molar-refractivity contribution >= 4 is 67.3 Å². The molecular formula is C17H19BrClF2IN2O4. The predicted octanol–water partition coefficient (Wildman–Crippen LogP) is 5.91. The normalized spacial score (nSPS) is 13.2. The van der Waals surface area contributed by atoms with E-state index in [1.54, 1.807) is 26.8 Å². The van der Waals surface area contributed by atoms with E-state index in [0.717, 1.165) is 3.57 Å². The van der Waals surface area contributed by atoms with Gasteiger partial charge in [0.05, 0.1) is 14.6 Å². The third-order valence-electron chi connectivity index (χ3n) is 3.44. The van der Waals surface area contributed by atoms with E-state index in [-0.39, 0.29) is 19.4 Å². The van der Waals surface area contributed by atoms with Crippen LogP contribution in [-0.2, 0) is 15.9 Å². The molecule has 1 atom stereocenters. The summed E-state index contributed by atoms with van der Waals surface area (Å²) in [7, 11) is 0. The second kappa shape index (κ2) is 9.86. The summed E-state index contributed by atoms with van der Waals surface area (Å²) in [5, 5.41) is 3.00. The Morgan fingerprint density at radius 1 is 1.46 bits per heavy atom. The van der Waals surface area contributed by atoms with Crippen molar-refractivity contribution in [3.8, 4) is 0 Å². The number of rotatable bonds is 7. The highest BCUT2D eigenvalue weighted by Gasteiger charge is 2.24. The summed E-state index contributed by atoms with van der Waals surface area (Å²) in [5.41, 5.74) is 0.406. The second-order valence-corrected chi connectivity index (χ2v) is 9.25. The zero-order chi connectivity index (χ0) is 21.1. The maximum Gasteiger partial charge on any atom is 0.407 e. The Kier molecular flexibility index (Phi) is 8.29. The van der Waals surface area contributed by atoms with Crippen LogP contribution in [0.3, 0.4) is 0 Å². The van der Waals surface area contributed by atoms with Crippen molar-refractivity contribution in [2.24, 2.45) is 0 Å². The van der Waals surface area contributed by atoms with Gasteiger partial charge in [0, 0.05) is 12.5 Å². The average molecular weight is 596 g/mol. The van der Waals surface area contributed by atoms with Gasteiger partial charge in [0.25, 0.3) is 0 Å². The second-order valence-electron chi connectivity index (χ2n) is 6.91. The molecule has 0 aliphatic heterocycles. The van der Waals surface area contributed by atoms with Crippen LogP contribution < -0.4 is 5.32 Å². The fourth-order valence-corrected chi connectivity index (χ4v) is 3.92. The monoisotopic (exact) mass is 594 g/mol. The van der Waals surface area contributed by atoms with Crippen LogP contribution in [-0.4, -0.2) is 35.9 Å². The zero-order valence-electron chi connectivity index (χ0n) is 15.3. The number of aromatic nitrogens is 1. The summed E-state index contributed by atoms with van der Waals surface area (Å²) < 4.78 is 41.4. The van der Waals surface area contributed by atoms with E-state index in [1.165, 1.54) is 0 Å². The quantitative estimate of drug-likeness (QED) is 0.318. The molecule has 0 aromatic carbocycles. The zero-order valence-corrected chi connectivity index (χ0v) is 19.8. The minimum absolute atomic E-state index is 0.137. The number of carbonyl (C=O) groups is 1. The third-order valence-corrected chi connectivity index (χ3v) is 5.25. The number of carbonyl (C=O) groups excluding carboxylic acids is 1. The lowest BCUT2D eigenvalue weighted by Crippen LogP contribution is -2.41. The van der Waals surface area contributed by atoms with Crippen LogP contribution in [0.15, 0.2) is 15.0 Å². The van der Waals surface area contributed by atoms with Gasteiger partial charge < -0.3 is 19.2 Å². The lowest BCUT2D eigenvalue weighted by Gasteiger charge is -2.23. The van der Waals surface area contributed by atoms with Gasteiger partial charge in [0.2, 0.25) is 0 Å². The summed E-state index contributed by atoms with van der Waals surface area (Å²) in [6.45, 7) is 2.07. The molecule has 6 nitrogen and oxygen atoms in total. The first-order valence-corrected chi connectivity index (χ1v) is 10.5. The number of alkyl halides is 2. The van der Waals surface area contributed by atoms with E-state index in [0.29, 0.717) is 26.5 Å². The molecule has 0 aliphatic carbocycles. The summed E-state index contributed by atoms with van der Waals surface area (Å²) >= 11 is 11.5. The molecule has 2 heterocycles. The number of pyridine rings is 1. The predicted molar refractivity (Wildman–Crippen MR) is 113 cm³/mol. The number of furan rings is 1. The van der Waals surface area contributed by atoms with Crippen molar-refractivity contribution in [2.45, 2.75) is 51.9 Å². The van der Waals surface area contributed by atoms with E-state index in [4.69, 9.17) is 20.8 Å². The number of nitrogens with zero attached hydrogens (tertiary/aromatic N) is 1. The maximum atomic E-state index is 12.3. The first kappa shape index (κ1) is 23.6. The molecule has 1 amide bonds. The van der Waals surface area contributed by atoms with Gasteiger partial charge in [0.1, 0.15) is 22.0 Å². The molecule has 0 fully saturated rings. The van der Waals surface area contributed by atoms with Crippen molar-refractivity contribution in [1.29, 1.82) is 0 Å². The number of ether oxygens (including phenoxy) is 2. The summed E-state index contributed by atoms with van der Waals surface area (Å²) in [5.74, 6) is 0.501. The smallest absolute Gasteiger partial charge is 0.407 e. The number of nitrogens with one attached hydrogen (secondary N) is 1. The first-order chi connectivity index (χ1) is 13.0. The van der Waals surface area contributed by atoms with Crippen molar-refractivity contribution in [3.05, 3.63) is 25.0 Å². The highest BCUT2D eigenvalue weighted by Crippen LogP contribution is 2.34. The van der Waals surface area contributed by atoms with Gasteiger partial charge >= 0.3 is 12.7 Å². The Labute approximate surface area is 187 Å². The van der Waals surface area contributed by atoms with Crippen molar-refractivity contribution in [3.63, 3.8) is 0 Å². The van der Waals surface area contributed by atoms with E-state index >= 15 is 0 Å². The summed E-state index contributed by atoms with van der Waals surface area (Å²) in [6, 6.07) is 1.11. The largest absolute Gasteiger partial charge is 0.457 e. The number of hydrogen-bond acceptors (Lipinski definition) is 5. The Morgan fingerprint density at radius 2 is 2.14 bits per heavy atom. The lowest BCUT2D eigenvalue weighted by molar-refractivity contribution is -0.130. The average Bonchev–Trinajstić information content (AvgIpc) is 2.82. The third kappa shape index (κ3) is 6.96. The molecule has 1 N–H and O–H groups in total. The van der Waals surface area contributed by atoms with Crippen LogP contribution >= 0.6 is 50.1 Å². The van der Waals surface area contributed by atoms with Crippen molar-refractivity contribution in [2.75, 3.05) is 6.61 Å². The molecule has 11 heteroatoms. The molecule has 156 valence electrons. The van der Waals surface area contributed by atoms with E-state index in [2.05, 4.69) is 53.6 Å². The van der Waals surface area contributed by atoms with Crippen molar-refractivity contribution < 1.29 is 27.5 Å². The minimum Gasteiger partial charge on any atom is -0.457 e. The molecule has 0 bridgehead atoms. The van der Waals surface area contributed by atoms with Gasteiger partial charge in [-0.05, 0) is 71.8 Å². The van der Waals surface area contributed by atoms with Crippen LogP contribution in [0.2, 0.25) is 5.15 Å². The number of hydrogen-bond donors (Lipinski definition) is 1. The van der Waals surface area contributed by atoms with Gasteiger partial charge in [-0.1, -0.05) is 11.6 Å². The van der Waals surface area contributed by atoms with Crippen LogP contribution in [0.5, 0.6) is 0 Å². The molecule has 28 heavy (non-hydrogen) atoms. The fraction of sp³-hybridized carbons (Fsp3) is 0.529. The molecule has 2 aromatic heterocycles. The number of alkyl carbamates (subject to hydrolysis) is 1. The Hall–Kier alpha value is -0.720. The van der Waals surface area contributed by atoms with E-state index < -0.39 is 24.3 Å². The molecule has 0 spiro atoms. The molecular weight excluding hydrogens is 576 g/mol. The van der Waals surface area contributed by atoms with Crippen LogP contribution in [0, 0.1) is 3.57 Å². The van der Waals surface area contributed by atoms with Crippen LogP contribution in [0.25, 0.3) is 11.1 Å².